The maximum atomic E-state index is 14.1. The van der Waals surface area contributed by atoms with Gasteiger partial charge in [-0.3, -0.25) is 0 Å². The Morgan fingerprint density at radius 2 is 2.10 bits per heavy atom. The maximum absolute atomic E-state index is 14.1. The summed E-state index contributed by atoms with van der Waals surface area (Å²) in [6.07, 6.45) is 5.22. The summed E-state index contributed by atoms with van der Waals surface area (Å²) in [5.74, 6) is 0.714. The lowest BCUT2D eigenvalue weighted by Crippen LogP contribution is -2.41. The molecule has 0 amide bonds. The van der Waals surface area contributed by atoms with Gasteiger partial charge in [0.15, 0.2) is 0 Å². The fourth-order valence-electron chi connectivity index (χ4n) is 3.52. The van der Waals surface area contributed by atoms with E-state index in [1.807, 2.05) is 12.1 Å². The van der Waals surface area contributed by atoms with Crippen molar-refractivity contribution in [2.45, 2.75) is 51.6 Å². The van der Waals surface area contributed by atoms with Crippen LogP contribution in [0, 0.1) is 11.7 Å². The first kappa shape index (κ1) is 16.4. The second-order valence-corrected chi connectivity index (χ2v) is 6.50. The van der Waals surface area contributed by atoms with Crippen molar-refractivity contribution in [1.82, 2.24) is 10.2 Å². The van der Waals surface area contributed by atoms with Crippen molar-refractivity contribution < 1.29 is 4.39 Å². The molecule has 0 heterocycles. The monoisotopic (exact) mass is 292 g/mol. The van der Waals surface area contributed by atoms with E-state index in [1.165, 1.54) is 25.7 Å². The largest absolute Gasteiger partial charge is 0.309 e. The normalized spacial score (nSPS) is 24.2. The van der Waals surface area contributed by atoms with Crippen molar-refractivity contribution in [3.63, 3.8) is 0 Å². The number of hydrogen-bond donors (Lipinski definition) is 1. The van der Waals surface area contributed by atoms with Crippen molar-refractivity contribution in [1.29, 1.82) is 0 Å². The molecule has 0 aromatic heterocycles. The average Bonchev–Trinajstić information content (AvgIpc) is 2.47. The second-order valence-electron chi connectivity index (χ2n) is 6.50. The standard InChI is InChI=1S/C18H29FN2/c1-4-20-18(16-10-5-6-11-17(16)19)13-21(3)15-9-7-8-14(2)12-15/h5-6,10-11,14-15,18,20H,4,7-9,12-13H2,1-3H3. The van der Waals surface area contributed by atoms with Crippen LogP contribution in [0.3, 0.4) is 0 Å². The third kappa shape index (κ3) is 4.52. The number of hydrogen-bond acceptors (Lipinski definition) is 2. The molecular weight excluding hydrogens is 263 g/mol. The van der Waals surface area contributed by atoms with E-state index in [9.17, 15) is 4.39 Å². The van der Waals surface area contributed by atoms with Crippen molar-refractivity contribution in [2.24, 2.45) is 5.92 Å². The zero-order chi connectivity index (χ0) is 15.2. The lowest BCUT2D eigenvalue weighted by molar-refractivity contribution is 0.150. The highest BCUT2D eigenvalue weighted by Crippen LogP contribution is 2.28. The number of nitrogens with one attached hydrogen (secondary N) is 1. The maximum Gasteiger partial charge on any atom is 0.128 e. The van der Waals surface area contributed by atoms with Crippen LogP contribution in [0.2, 0.25) is 0 Å². The van der Waals surface area contributed by atoms with Gasteiger partial charge in [-0.05, 0) is 38.4 Å². The molecule has 1 fully saturated rings. The quantitative estimate of drug-likeness (QED) is 0.853. The Labute approximate surface area is 128 Å². The fourth-order valence-corrected chi connectivity index (χ4v) is 3.52. The molecule has 1 aromatic carbocycles. The van der Waals surface area contributed by atoms with Crippen molar-refractivity contribution in [3.8, 4) is 0 Å². The summed E-state index contributed by atoms with van der Waals surface area (Å²) in [5, 5.41) is 3.44. The molecule has 0 radical (unpaired) electrons. The highest BCUT2D eigenvalue weighted by molar-refractivity contribution is 5.21. The zero-order valence-electron chi connectivity index (χ0n) is 13.6. The SMILES string of the molecule is CCNC(CN(C)C1CCCC(C)C1)c1ccccc1F. The number of likely N-dealkylation sites (N-methyl/N-ethyl adjacent to an activating group) is 2. The molecule has 3 unspecified atom stereocenters. The number of halogens is 1. The Morgan fingerprint density at radius 3 is 2.76 bits per heavy atom. The molecular formula is C18H29FN2. The Kier molecular flexibility index (Phi) is 6.19. The molecule has 1 aliphatic rings. The van der Waals surface area contributed by atoms with Crippen molar-refractivity contribution in [3.05, 3.63) is 35.6 Å². The summed E-state index contributed by atoms with van der Waals surface area (Å²) in [4.78, 5) is 2.43. The average molecular weight is 292 g/mol. The lowest BCUT2D eigenvalue weighted by atomic mass is 9.86. The Balaban J connectivity index is 2.04. The molecule has 1 N–H and O–H groups in total. The zero-order valence-corrected chi connectivity index (χ0v) is 13.6. The summed E-state index contributed by atoms with van der Waals surface area (Å²) in [5.41, 5.74) is 0.787. The van der Waals surface area contributed by atoms with E-state index >= 15 is 0 Å². The van der Waals surface area contributed by atoms with Crippen LogP contribution in [0.5, 0.6) is 0 Å². The minimum atomic E-state index is -0.103. The van der Waals surface area contributed by atoms with Crippen LogP contribution in [0.25, 0.3) is 0 Å². The molecule has 0 aliphatic heterocycles. The van der Waals surface area contributed by atoms with Gasteiger partial charge in [0.05, 0.1) is 0 Å². The third-order valence-electron chi connectivity index (χ3n) is 4.73. The molecule has 21 heavy (non-hydrogen) atoms. The summed E-state index contributed by atoms with van der Waals surface area (Å²) in [6, 6.07) is 7.85. The predicted octanol–water partition coefficient (Wildman–Crippen LogP) is 3.99. The smallest absolute Gasteiger partial charge is 0.128 e. The number of benzene rings is 1. The summed E-state index contributed by atoms with van der Waals surface area (Å²) < 4.78 is 14.1. The van der Waals surface area contributed by atoms with Gasteiger partial charge in [-0.2, -0.15) is 0 Å². The first-order chi connectivity index (χ1) is 10.1. The van der Waals surface area contributed by atoms with Gasteiger partial charge in [0.1, 0.15) is 5.82 Å². The van der Waals surface area contributed by atoms with E-state index in [0.29, 0.717) is 6.04 Å². The third-order valence-corrected chi connectivity index (χ3v) is 4.73. The van der Waals surface area contributed by atoms with E-state index in [1.54, 1.807) is 12.1 Å². The van der Waals surface area contributed by atoms with Crippen LogP contribution >= 0.6 is 0 Å². The van der Waals surface area contributed by atoms with Gasteiger partial charge in [0.2, 0.25) is 0 Å². The van der Waals surface area contributed by atoms with Gasteiger partial charge in [0.25, 0.3) is 0 Å². The Morgan fingerprint density at radius 1 is 1.33 bits per heavy atom. The van der Waals surface area contributed by atoms with Crippen LogP contribution in [-0.4, -0.2) is 31.1 Å². The highest BCUT2D eigenvalue weighted by atomic mass is 19.1. The van der Waals surface area contributed by atoms with Gasteiger partial charge < -0.3 is 10.2 Å². The van der Waals surface area contributed by atoms with Gasteiger partial charge in [-0.15, -0.1) is 0 Å². The van der Waals surface area contributed by atoms with Crippen molar-refractivity contribution in [2.75, 3.05) is 20.1 Å². The van der Waals surface area contributed by atoms with E-state index in [4.69, 9.17) is 0 Å². The van der Waals surface area contributed by atoms with Crippen LogP contribution in [0.4, 0.5) is 4.39 Å². The van der Waals surface area contributed by atoms with Crippen LogP contribution in [-0.2, 0) is 0 Å². The van der Waals surface area contributed by atoms with Crippen LogP contribution in [0.1, 0.15) is 51.1 Å². The molecule has 2 rings (SSSR count). The number of rotatable bonds is 6. The summed E-state index contributed by atoms with van der Waals surface area (Å²) in [6.45, 7) is 6.15. The molecule has 0 saturated heterocycles. The minimum absolute atomic E-state index is 0.0680. The van der Waals surface area contributed by atoms with E-state index in [0.717, 1.165) is 24.6 Å². The van der Waals surface area contributed by atoms with Gasteiger partial charge in [-0.25, -0.2) is 4.39 Å². The first-order valence-electron chi connectivity index (χ1n) is 8.29. The lowest BCUT2D eigenvalue weighted by Gasteiger charge is -2.36. The van der Waals surface area contributed by atoms with E-state index < -0.39 is 0 Å². The molecule has 3 atom stereocenters. The second kappa shape index (κ2) is 7.90. The number of nitrogens with zero attached hydrogens (tertiary/aromatic N) is 1. The topological polar surface area (TPSA) is 15.3 Å². The molecule has 0 bridgehead atoms. The fraction of sp³-hybridized carbons (Fsp3) is 0.667. The Bertz CT molecular complexity index is 435. The molecule has 0 spiro atoms. The highest BCUT2D eigenvalue weighted by Gasteiger charge is 2.25. The van der Waals surface area contributed by atoms with Gasteiger partial charge in [-0.1, -0.05) is 44.9 Å². The van der Waals surface area contributed by atoms with E-state index in [-0.39, 0.29) is 11.9 Å². The molecule has 3 heteroatoms. The summed E-state index contributed by atoms with van der Waals surface area (Å²) >= 11 is 0. The first-order valence-corrected chi connectivity index (χ1v) is 8.29. The summed E-state index contributed by atoms with van der Waals surface area (Å²) in [7, 11) is 2.19. The van der Waals surface area contributed by atoms with Crippen LogP contribution in [0.15, 0.2) is 24.3 Å². The minimum Gasteiger partial charge on any atom is -0.309 e. The Hall–Kier alpha value is -0.930. The predicted molar refractivity (Wildman–Crippen MR) is 86.9 cm³/mol. The van der Waals surface area contributed by atoms with E-state index in [2.05, 4.69) is 31.1 Å². The van der Waals surface area contributed by atoms with Gasteiger partial charge in [0, 0.05) is 24.2 Å². The van der Waals surface area contributed by atoms with Crippen LogP contribution < -0.4 is 5.32 Å². The molecule has 1 aliphatic carbocycles. The molecule has 118 valence electrons. The van der Waals surface area contributed by atoms with Gasteiger partial charge >= 0.3 is 0 Å². The molecule has 1 aromatic rings. The molecule has 2 nitrogen and oxygen atoms in total. The van der Waals surface area contributed by atoms with Crippen molar-refractivity contribution >= 4 is 0 Å². The molecule has 1 saturated carbocycles.